The summed E-state index contributed by atoms with van der Waals surface area (Å²) in [6, 6.07) is 0.593. The summed E-state index contributed by atoms with van der Waals surface area (Å²) >= 11 is 0. The standard InChI is InChI=1S/C24H34FN5O6/c1-14(2)11-17(30(7)23(33)35-24(3,4)5)21(31)29(6)18(22(32)34-8)12-19-27-20(28-36-19)16-10-9-15(25)13-26-16/h9-10,13-14,17-18H,11-12H2,1-8H3/t17-,18+/m0/s1. The second-order valence-corrected chi connectivity index (χ2v) is 9.80. The molecule has 2 aromatic rings. The van der Waals surface area contributed by atoms with Crippen LogP contribution in [0.3, 0.4) is 0 Å². The van der Waals surface area contributed by atoms with Crippen molar-refractivity contribution >= 4 is 18.0 Å². The van der Waals surface area contributed by atoms with Crippen LogP contribution in [-0.2, 0) is 25.5 Å². The zero-order valence-electron chi connectivity index (χ0n) is 21.9. The van der Waals surface area contributed by atoms with Crippen molar-refractivity contribution in [3.63, 3.8) is 0 Å². The molecule has 0 aliphatic heterocycles. The number of methoxy groups -OCH3 is 1. The van der Waals surface area contributed by atoms with E-state index in [2.05, 4.69) is 15.1 Å². The zero-order valence-corrected chi connectivity index (χ0v) is 21.9. The molecule has 0 saturated heterocycles. The predicted octanol–water partition coefficient (Wildman–Crippen LogP) is 3.09. The minimum Gasteiger partial charge on any atom is -0.467 e. The smallest absolute Gasteiger partial charge is 0.410 e. The highest BCUT2D eigenvalue weighted by Gasteiger charge is 2.37. The maximum Gasteiger partial charge on any atom is 0.410 e. The highest BCUT2D eigenvalue weighted by Crippen LogP contribution is 2.20. The normalized spacial score (nSPS) is 13.2. The van der Waals surface area contributed by atoms with Crippen molar-refractivity contribution in [3.05, 3.63) is 30.0 Å². The number of hydrogen-bond donors (Lipinski definition) is 0. The molecule has 2 rings (SSSR count). The molecule has 0 N–H and O–H groups in total. The highest BCUT2D eigenvalue weighted by molar-refractivity contribution is 5.89. The lowest BCUT2D eigenvalue weighted by molar-refractivity contribution is -0.153. The number of nitrogens with zero attached hydrogens (tertiary/aromatic N) is 5. The molecule has 0 fully saturated rings. The molecule has 2 heterocycles. The van der Waals surface area contributed by atoms with E-state index in [1.165, 1.54) is 43.1 Å². The topological polar surface area (TPSA) is 128 Å². The number of pyridine rings is 1. The van der Waals surface area contributed by atoms with Crippen molar-refractivity contribution < 1.29 is 32.8 Å². The molecule has 12 heteroatoms. The van der Waals surface area contributed by atoms with Crippen LogP contribution in [0.25, 0.3) is 11.5 Å². The number of amides is 2. The quantitative estimate of drug-likeness (QED) is 0.470. The molecule has 11 nitrogen and oxygen atoms in total. The summed E-state index contributed by atoms with van der Waals surface area (Å²) in [4.78, 5) is 49.5. The molecule has 0 saturated carbocycles. The molecule has 0 aliphatic carbocycles. The van der Waals surface area contributed by atoms with Crippen LogP contribution in [0, 0.1) is 11.7 Å². The minimum absolute atomic E-state index is 0.0482. The van der Waals surface area contributed by atoms with Crippen LogP contribution in [0.5, 0.6) is 0 Å². The van der Waals surface area contributed by atoms with E-state index in [1.807, 2.05) is 13.8 Å². The van der Waals surface area contributed by atoms with Crippen molar-refractivity contribution in [1.29, 1.82) is 0 Å². The second kappa shape index (κ2) is 11.9. The largest absolute Gasteiger partial charge is 0.467 e. The average molecular weight is 508 g/mol. The number of halogens is 1. The van der Waals surface area contributed by atoms with Gasteiger partial charge in [-0.05, 0) is 45.2 Å². The van der Waals surface area contributed by atoms with E-state index < -0.39 is 41.5 Å². The Labute approximate surface area is 209 Å². The molecule has 2 aromatic heterocycles. The number of esters is 1. The van der Waals surface area contributed by atoms with Gasteiger partial charge in [0.25, 0.3) is 0 Å². The van der Waals surface area contributed by atoms with Gasteiger partial charge in [-0.25, -0.2) is 19.0 Å². The van der Waals surface area contributed by atoms with Crippen LogP contribution in [0.15, 0.2) is 22.9 Å². The third-order valence-electron chi connectivity index (χ3n) is 5.21. The Hall–Kier alpha value is -3.57. The van der Waals surface area contributed by atoms with Gasteiger partial charge in [-0.15, -0.1) is 0 Å². The maximum atomic E-state index is 13.6. The van der Waals surface area contributed by atoms with Crippen molar-refractivity contribution in [3.8, 4) is 11.5 Å². The van der Waals surface area contributed by atoms with Gasteiger partial charge >= 0.3 is 12.1 Å². The number of rotatable bonds is 9. The molecule has 2 amide bonds. The molecule has 0 bridgehead atoms. The summed E-state index contributed by atoms with van der Waals surface area (Å²) in [5.74, 6) is -1.48. The van der Waals surface area contributed by atoms with E-state index in [4.69, 9.17) is 14.0 Å². The van der Waals surface area contributed by atoms with Gasteiger partial charge in [0.2, 0.25) is 17.6 Å². The summed E-state index contributed by atoms with van der Waals surface area (Å²) in [5.41, 5.74) is -0.465. The lowest BCUT2D eigenvalue weighted by atomic mass is 10.0. The first kappa shape index (κ1) is 28.7. The molecule has 0 aromatic carbocycles. The summed E-state index contributed by atoms with van der Waals surface area (Å²) in [6.45, 7) is 9.04. The molecule has 0 unspecified atom stereocenters. The summed E-state index contributed by atoms with van der Waals surface area (Å²) in [7, 11) is 4.13. The fourth-order valence-electron chi connectivity index (χ4n) is 3.35. The van der Waals surface area contributed by atoms with Crippen LogP contribution in [0.1, 0.15) is 46.9 Å². The third-order valence-corrected chi connectivity index (χ3v) is 5.21. The molecular formula is C24H34FN5O6. The van der Waals surface area contributed by atoms with Crippen molar-refractivity contribution in [2.24, 2.45) is 5.92 Å². The van der Waals surface area contributed by atoms with E-state index in [0.29, 0.717) is 6.42 Å². The lowest BCUT2D eigenvalue weighted by Gasteiger charge is -2.35. The first-order valence-corrected chi connectivity index (χ1v) is 11.5. The summed E-state index contributed by atoms with van der Waals surface area (Å²) in [5, 5.41) is 3.82. The second-order valence-electron chi connectivity index (χ2n) is 9.80. The number of carbonyl (C=O) groups excluding carboxylic acids is 3. The number of likely N-dealkylation sites (N-methyl/N-ethyl adjacent to an activating group) is 2. The zero-order chi connectivity index (χ0) is 27.2. The van der Waals surface area contributed by atoms with E-state index in [1.54, 1.807) is 20.8 Å². The highest BCUT2D eigenvalue weighted by atomic mass is 19.1. The molecule has 2 atom stereocenters. The Morgan fingerprint density at radius 3 is 2.31 bits per heavy atom. The van der Waals surface area contributed by atoms with E-state index in [0.717, 1.165) is 6.20 Å². The number of carbonyl (C=O) groups is 3. The first-order valence-electron chi connectivity index (χ1n) is 11.5. The van der Waals surface area contributed by atoms with Gasteiger partial charge in [-0.2, -0.15) is 4.98 Å². The number of hydrogen-bond acceptors (Lipinski definition) is 9. The Balaban J connectivity index is 2.28. The predicted molar refractivity (Wildman–Crippen MR) is 127 cm³/mol. The molecular weight excluding hydrogens is 473 g/mol. The maximum absolute atomic E-state index is 13.6. The van der Waals surface area contributed by atoms with Crippen molar-refractivity contribution in [2.75, 3.05) is 21.2 Å². The van der Waals surface area contributed by atoms with E-state index >= 15 is 0 Å². The Morgan fingerprint density at radius 1 is 1.11 bits per heavy atom. The lowest BCUT2D eigenvalue weighted by Crippen LogP contribution is -2.54. The van der Waals surface area contributed by atoms with Crippen molar-refractivity contribution in [2.45, 2.75) is 65.1 Å². The van der Waals surface area contributed by atoms with Gasteiger partial charge in [0.1, 0.15) is 29.2 Å². The first-order chi connectivity index (χ1) is 16.7. The van der Waals surface area contributed by atoms with Gasteiger partial charge in [-0.1, -0.05) is 19.0 Å². The summed E-state index contributed by atoms with van der Waals surface area (Å²) < 4.78 is 28.7. The third kappa shape index (κ3) is 7.72. The fourth-order valence-corrected chi connectivity index (χ4v) is 3.35. The van der Waals surface area contributed by atoms with Gasteiger partial charge in [0.15, 0.2) is 0 Å². The van der Waals surface area contributed by atoms with Crippen LogP contribution in [-0.4, -0.2) is 81.8 Å². The molecule has 0 aliphatic rings. The van der Waals surface area contributed by atoms with E-state index in [-0.39, 0.29) is 29.7 Å². The fraction of sp³-hybridized carbons (Fsp3) is 0.583. The Morgan fingerprint density at radius 2 is 1.78 bits per heavy atom. The van der Waals surface area contributed by atoms with Crippen LogP contribution in [0.2, 0.25) is 0 Å². The minimum atomic E-state index is -1.11. The van der Waals surface area contributed by atoms with Crippen LogP contribution in [0.4, 0.5) is 9.18 Å². The number of aromatic nitrogens is 3. The van der Waals surface area contributed by atoms with Crippen LogP contribution >= 0.6 is 0 Å². The van der Waals surface area contributed by atoms with Crippen LogP contribution < -0.4 is 0 Å². The van der Waals surface area contributed by atoms with Crippen molar-refractivity contribution in [1.82, 2.24) is 24.9 Å². The average Bonchev–Trinajstić information content (AvgIpc) is 3.27. The summed E-state index contributed by atoms with van der Waals surface area (Å²) in [6.07, 6.45) is 0.560. The Bertz CT molecular complexity index is 1050. The van der Waals surface area contributed by atoms with Gasteiger partial charge < -0.3 is 18.9 Å². The van der Waals surface area contributed by atoms with E-state index in [9.17, 15) is 18.8 Å². The van der Waals surface area contributed by atoms with Gasteiger partial charge in [-0.3, -0.25) is 9.69 Å². The molecule has 0 radical (unpaired) electrons. The Kier molecular flexibility index (Phi) is 9.48. The van der Waals surface area contributed by atoms with Gasteiger partial charge in [0, 0.05) is 14.1 Å². The SMILES string of the molecule is COC(=O)[C@@H](Cc1nc(-c2ccc(F)cn2)no1)N(C)C(=O)[C@H](CC(C)C)N(C)C(=O)OC(C)(C)C. The molecule has 36 heavy (non-hydrogen) atoms. The molecule has 198 valence electrons. The molecule has 0 spiro atoms. The number of ether oxygens (including phenoxy) is 2. The monoisotopic (exact) mass is 507 g/mol. The van der Waals surface area contributed by atoms with Gasteiger partial charge in [0.05, 0.1) is 19.7 Å².